The summed E-state index contributed by atoms with van der Waals surface area (Å²) >= 11 is 2.59. The van der Waals surface area contributed by atoms with Crippen LogP contribution in [0, 0.1) is 13.8 Å². The van der Waals surface area contributed by atoms with Crippen molar-refractivity contribution in [3.05, 3.63) is 59.1 Å². The highest BCUT2D eigenvalue weighted by molar-refractivity contribution is 8.00. The van der Waals surface area contributed by atoms with Crippen LogP contribution in [-0.2, 0) is 14.8 Å². The fourth-order valence-electron chi connectivity index (χ4n) is 2.21. The molecule has 0 aliphatic carbocycles. The van der Waals surface area contributed by atoms with Crippen molar-refractivity contribution in [3.63, 3.8) is 0 Å². The molecule has 146 valence electrons. The minimum Gasteiger partial charge on any atom is -0.325 e. The molecule has 0 saturated carbocycles. The zero-order valence-corrected chi connectivity index (χ0v) is 17.6. The van der Waals surface area contributed by atoms with Crippen LogP contribution in [0.25, 0.3) is 0 Å². The molecule has 0 unspecified atom stereocenters. The number of nitrogens with zero attached hydrogens (tertiary/aromatic N) is 2. The molecule has 2 N–H and O–H groups in total. The van der Waals surface area contributed by atoms with Gasteiger partial charge in [0.15, 0.2) is 0 Å². The highest BCUT2D eigenvalue weighted by atomic mass is 32.2. The minimum absolute atomic E-state index is 0.0763. The monoisotopic (exact) mass is 434 g/mol. The fraction of sp³-hybridized carbons (Fsp3) is 0.167. The van der Waals surface area contributed by atoms with Gasteiger partial charge in [-0.15, -0.1) is 22.0 Å². The molecule has 7 nitrogen and oxygen atoms in total. The van der Waals surface area contributed by atoms with E-state index in [1.165, 1.54) is 29.5 Å². The molecule has 0 atom stereocenters. The van der Waals surface area contributed by atoms with E-state index in [9.17, 15) is 13.2 Å². The van der Waals surface area contributed by atoms with Crippen LogP contribution in [-0.4, -0.2) is 30.3 Å². The molecule has 1 amide bonds. The molecule has 0 bridgehead atoms. The third-order valence-electron chi connectivity index (χ3n) is 3.59. The Bertz CT molecular complexity index is 1060. The Balaban J connectivity index is 1.57. The lowest BCUT2D eigenvalue weighted by molar-refractivity contribution is -0.113. The van der Waals surface area contributed by atoms with E-state index in [2.05, 4.69) is 20.2 Å². The summed E-state index contributed by atoms with van der Waals surface area (Å²) in [5.41, 5.74) is 1.69. The molecule has 0 aliphatic rings. The highest BCUT2D eigenvalue weighted by Gasteiger charge is 2.16. The largest absolute Gasteiger partial charge is 0.325 e. The maximum Gasteiger partial charge on any atom is 0.263 e. The Hall–Kier alpha value is -2.43. The average Bonchev–Trinajstić information content (AvgIpc) is 3.06. The minimum atomic E-state index is -3.75. The Labute approximate surface area is 171 Å². The summed E-state index contributed by atoms with van der Waals surface area (Å²) in [6.07, 6.45) is 0. The van der Waals surface area contributed by atoms with Crippen molar-refractivity contribution in [3.8, 4) is 0 Å². The zero-order valence-electron chi connectivity index (χ0n) is 15.2. The van der Waals surface area contributed by atoms with Crippen molar-refractivity contribution < 1.29 is 13.2 Å². The Morgan fingerprint density at radius 2 is 1.71 bits per heavy atom. The number of anilines is 2. The standard InChI is InChI=1S/C18H18N4O3S3/c1-12-3-7-15(8-4-12)26-11-17(23)19-14-5-9-16(10-6-14)28(24,25)22-18-21-20-13(2)27-18/h3-10H,11H2,1-2H3,(H,19,23)(H,21,22). The lowest BCUT2D eigenvalue weighted by atomic mass is 10.2. The van der Waals surface area contributed by atoms with Crippen LogP contribution in [0.5, 0.6) is 0 Å². The fourth-order valence-corrected chi connectivity index (χ4v) is 4.73. The quantitative estimate of drug-likeness (QED) is 0.550. The van der Waals surface area contributed by atoms with Gasteiger partial charge in [-0.2, -0.15) is 0 Å². The van der Waals surface area contributed by atoms with E-state index in [0.717, 1.165) is 16.2 Å². The summed E-state index contributed by atoms with van der Waals surface area (Å²) in [5.74, 6) is 0.102. The molecule has 1 heterocycles. The van der Waals surface area contributed by atoms with E-state index in [4.69, 9.17) is 0 Å². The number of aryl methyl sites for hydroxylation is 2. The van der Waals surface area contributed by atoms with Gasteiger partial charge in [-0.25, -0.2) is 8.42 Å². The van der Waals surface area contributed by atoms with Gasteiger partial charge in [0.05, 0.1) is 10.6 Å². The van der Waals surface area contributed by atoms with E-state index in [1.807, 2.05) is 31.2 Å². The molecule has 0 saturated heterocycles. The predicted octanol–water partition coefficient (Wildman–Crippen LogP) is 3.69. The van der Waals surface area contributed by atoms with Crippen LogP contribution in [0.4, 0.5) is 10.8 Å². The summed E-state index contributed by atoms with van der Waals surface area (Å²) in [5, 5.41) is 11.2. The second-order valence-corrected chi connectivity index (χ2v) is 9.82. The van der Waals surface area contributed by atoms with Crippen molar-refractivity contribution in [2.24, 2.45) is 0 Å². The topological polar surface area (TPSA) is 101 Å². The Kier molecular flexibility index (Phi) is 6.32. The predicted molar refractivity (Wildman–Crippen MR) is 112 cm³/mol. The molecule has 3 rings (SSSR count). The molecule has 1 aromatic heterocycles. The number of amides is 1. The van der Waals surface area contributed by atoms with Gasteiger partial charge in [-0.1, -0.05) is 29.0 Å². The first-order valence-electron chi connectivity index (χ1n) is 8.24. The molecule has 0 radical (unpaired) electrons. The van der Waals surface area contributed by atoms with Crippen LogP contribution in [0.3, 0.4) is 0 Å². The van der Waals surface area contributed by atoms with E-state index in [0.29, 0.717) is 10.7 Å². The van der Waals surface area contributed by atoms with E-state index < -0.39 is 10.0 Å². The van der Waals surface area contributed by atoms with Crippen molar-refractivity contribution in [1.29, 1.82) is 0 Å². The molecule has 0 fully saturated rings. The number of carbonyl (C=O) groups excluding carboxylic acids is 1. The van der Waals surface area contributed by atoms with Gasteiger partial charge in [-0.05, 0) is 50.2 Å². The number of sulfonamides is 1. The van der Waals surface area contributed by atoms with Crippen LogP contribution in [0.1, 0.15) is 10.6 Å². The molecule has 0 spiro atoms. The molecular weight excluding hydrogens is 416 g/mol. The number of benzene rings is 2. The SMILES string of the molecule is Cc1ccc(SCC(=O)Nc2ccc(S(=O)(=O)Nc3nnc(C)s3)cc2)cc1. The first-order chi connectivity index (χ1) is 13.3. The van der Waals surface area contributed by atoms with Gasteiger partial charge < -0.3 is 5.32 Å². The molecule has 28 heavy (non-hydrogen) atoms. The van der Waals surface area contributed by atoms with Gasteiger partial charge in [0.2, 0.25) is 11.0 Å². The summed E-state index contributed by atoms with van der Waals surface area (Å²) in [6, 6.07) is 13.9. The van der Waals surface area contributed by atoms with Gasteiger partial charge in [0.25, 0.3) is 10.0 Å². The molecular formula is C18H18N4O3S3. The first-order valence-corrected chi connectivity index (χ1v) is 11.5. The van der Waals surface area contributed by atoms with Crippen molar-refractivity contribution in [1.82, 2.24) is 10.2 Å². The number of rotatable bonds is 7. The van der Waals surface area contributed by atoms with Gasteiger partial charge in [-0.3, -0.25) is 9.52 Å². The second kappa shape index (κ2) is 8.72. The molecule has 0 aliphatic heterocycles. The maximum atomic E-state index is 12.4. The highest BCUT2D eigenvalue weighted by Crippen LogP contribution is 2.21. The lowest BCUT2D eigenvalue weighted by Crippen LogP contribution is -2.15. The molecule has 2 aromatic carbocycles. The van der Waals surface area contributed by atoms with Crippen LogP contribution in [0.15, 0.2) is 58.3 Å². The number of hydrogen-bond donors (Lipinski definition) is 2. The van der Waals surface area contributed by atoms with Gasteiger partial charge in [0, 0.05) is 10.6 Å². The summed E-state index contributed by atoms with van der Waals surface area (Å²) in [4.78, 5) is 13.2. The molecule has 3 aromatic rings. The Morgan fingerprint density at radius 3 is 2.32 bits per heavy atom. The number of hydrogen-bond acceptors (Lipinski definition) is 7. The van der Waals surface area contributed by atoms with Crippen LogP contribution < -0.4 is 10.0 Å². The van der Waals surface area contributed by atoms with Gasteiger partial charge in [0.1, 0.15) is 5.01 Å². The van der Waals surface area contributed by atoms with E-state index >= 15 is 0 Å². The average molecular weight is 435 g/mol. The third kappa shape index (κ3) is 5.54. The normalized spacial score (nSPS) is 11.2. The van der Waals surface area contributed by atoms with Crippen LogP contribution in [0.2, 0.25) is 0 Å². The molecule has 10 heteroatoms. The lowest BCUT2D eigenvalue weighted by Gasteiger charge is -2.08. The second-order valence-electron chi connectivity index (χ2n) is 5.91. The number of thioether (sulfide) groups is 1. The van der Waals surface area contributed by atoms with Gasteiger partial charge >= 0.3 is 0 Å². The van der Waals surface area contributed by atoms with E-state index in [1.54, 1.807) is 19.1 Å². The third-order valence-corrected chi connectivity index (χ3v) is 6.84. The van der Waals surface area contributed by atoms with Crippen LogP contribution >= 0.6 is 23.1 Å². The summed E-state index contributed by atoms with van der Waals surface area (Å²) < 4.78 is 27.1. The number of aromatic nitrogens is 2. The Morgan fingerprint density at radius 1 is 1.04 bits per heavy atom. The van der Waals surface area contributed by atoms with Crippen molar-refractivity contribution in [2.75, 3.05) is 15.8 Å². The van der Waals surface area contributed by atoms with E-state index in [-0.39, 0.29) is 21.7 Å². The summed E-state index contributed by atoms with van der Waals surface area (Å²) in [6.45, 7) is 3.75. The first kappa shape index (κ1) is 20.3. The number of carbonyl (C=O) groups is 1. The summed E-state index contributed by atoms with van der Waals surface area (Å²) in [7, 11) is -3.75. The van der Waals surface area contributed by atoms with Crippen molar-refractivity contribution in [2.45, 2.75) is 23.6 Å². The van der Waals surface area contributed by atoms with Crippen molar-refractivity contribution >= 4 is 49.8 Å². The smallest absolute Gasteiger partial charge is 0.263 e. The number of nitrogens with one attached hydrogen (secondary N) is 2. The zero-order chi connectivity index (χ0) is 20.1. The maximum absolute atomic E-state index is 12.4.